The minimum absolute atomic E-state index is 0.173. The third-order valence-electron chi connectivity index (χ3n) is 4.79. The lowest BCUT2D eigenvalue weighted by atomic mass is 9.93. The van der Waals surface area contributed by atoms with Crippen molar-refractivity contribution in [2.24, 2.45) is 7.05 Å². The molecule has 23 heavy (non-hydrogen) atoms. The van der Waals surface area contributed by atoms with Crippen LogP contribution in [-0.4, -0.2) is 0 Å². The van der Waals surface area contributed by atoms with Crippen LogP contribution < -0.4 is 4.57 Å². The first-order chi connectivity index (χ1) is 11.2. The van der Waals surface area contributed by atoms with Crippen molar-refractivity contribution < 1.29 is 10.3 Å². The van der Waals surface area contributed by atoms with Crippen LogP contribution in [0.3, 0.4) is 0 Å². The number of aromatic nitrogens is 1. The normalized spacial score (nSPS) is 11.9. The molecule has 1 aromatic heterocycles. The summed E-state index contributed by atoms with van der Waals surface area (Å²) in [7, 11) is 1.92. The summed E-state index contributed by atoms with van der Waals surface area (Å²) in [5.74, 6) is -0.173. The lowest BCUT2D eigenvalue weighted by molar-refractivity contribution is -0.665. The molecule has 118 valence electrons. The number of halogens is 1. The van der Waals surface area contributed by atoms with E-state index in [1.54, 1.807) is 0 Å². The molecular weight excluding hydrogens is 285 g/mol. The fourth-order valence-electron chi connectivity index (χ4n) is 3.23. The summed E-state index contributed by atoms with van der Waals surface area (Å²) in [5.41, 5.74) is 6.12. The van der Waals surface area contributed by atoms with Gasteiger partial charge < -0.3 is 0 Å². The van der Waals surface area contributed by atoms with Crippen molar-refractivity contribution in [3.05, 3.63) is 64.1 Å². The standard InChI is InChI=1S/C21H23FN/c1-12-7-8-17-11-15(4)23(6)21(18(17)9-12)19-16(5)13(2)10-14(3)20(19)22/h7-11H,1-6H3/q+1/i11D. The van der Waals surface area contributed by atoms with E-state index in [0.717, 1.165) is 38.9 Å². The smallest absolute Gasteiger partial charge is 0.206 e. The Hall–Kier alpha value is -2.22. The Morgan fingerprint density at radius 2 is 1.70 bits per heavy atom. The van der Waals surface area contributed by atoms with E-state index >= 15 is 4.39 Å². The molecule has 0 aliphatic heterocycles. The van der Waals surface area contributed by atoms with E-state index in [1.165, 1.54) is 0 Å². The Bertz CT molecular complexity index is 963. The van der Waals surface area contributed by atoms with Crippen LogP contribution in [0.4, 0.5) is 4.39 Å². The molecule has 0 amide bonds. The average Bonchev–Trinajstić information content (AvgIpc) is 2.54. The SMILES string of the molecule is [2H]c1c(C)[n+](C)c(-c2c(C)c(C)cc(C)c2F)c2cc(C)ccc12. The van der Waals surface area contributed by atoms with Gasteiger partial charge in [-0.2, -0.15) is 4.57 Å². The van der Waals surface area contributed by atoms with Crippen LogP contribution >= 0.6 is 0 Å². The van der Waals surface area contributed by atoms with Gasteiger partial charge in [-0.1, -0.05) is 23.8 Å². The fourth-order valence-corrected chi connectivity index (χ4v) is 3.23. The quantitative estimate of drug-likeness (QED) is 0.556. The predicted molar refractivity (Wildman–Crippen MR) is 94.2 cm³/mol. The van der Waals surface area contributed by atoms with E-state index in [-0.39, 0.29) is 5.82 Å². The number of hydrogen-bond acceptors (Lipinski definition) is 0. The largest absolute Gasteiger partial charge is 0.223 e. The second-order valence-electron chi connectivity index (χ2n) is 6.49. The molecule has 0 saturated carbocycles. The molecule has 0 aliphatic rings. The third kappa shape index (κ3) is 2.42. The molecule has 0 atom stereocenters. The molecule has 0 radical (unpaired) electrons. The number of rotatable bonds is 1. The Morgan fingerprint density at radius 1 is 1.00 bits per heavy atom. The number of hydrogen-bond donors (Lipinski definition) is 0. The maximum atomic E-state index is 15.1. The highest BCUT2D eigenvalue weighted by atomic mass is 19.1. The van der Waals surface area contributed by atoms with Gasteiger partial charge >= 0.3 is 0 Å². The van der Waals surface area contributed by atoms with Crippen LogP contribution in [-0.2, 0) is 7.05 Å². The molecule has 1 nitrogen and oxygen atoms in total. The molecule has 0 fully saturated rings. The second-order valence-corrected chi connectivity index (χ2v) is 6.49. The lowest BCUT2D eigenvalue weighted by Gasteiger charge is -2.14. The van der Waals surface area contributed by atoms with Gasteiger partial charge in [-0.15, -0.1) is 0 Å². The van der Waals surface area contributed by atoms with Gasteiger partial charge in [-0.25, -0.2) is 4.39 Å². The predicted octanol–water partition coefficient (Wildman–Crippen LogP) is 5.01. The summed E-state index contributed by atoms with van der Waals surface area (Å²) in [5, 5.41) is 1.80. The Balaban J connectivity index is 2.59. The average molecular weight is 309 g/mol. The van der Waals surface area contributed by atoms with E-state index in [9.17, 15) is 0 Å². The van der Waals surface area contributed by atoms with Crippen molar-refractivity contribution in [3.8, 4) is 11.3 Å². The Morgan fingerprint density at radius 3 is 2.39 bits per heavy atom. The van der Waals surface area contributed by atoms with Gasteiger partial charge in [0.05, 0.1) is 12.3 Å². The highest BCUT2D eigenvalue weighted by molar-refractivity contribution is 5.94. The van der Waals surface area contributed by atoms with Crippen molar-refractivity contribution in [2.45, 2.75) is 34.6 Å². The van der Waals surface area contributed by atoms with E-state index in [2.05, 4.69) is 6.07 Å². The van der Waals surface area contributed by atoms with Gasteiger partial charge in [-0.05, 0) is 55.8 Å². The van der Waals surface area contributed by atoms with E-state index < -0.39 is 0 Å². The van der Waals surface area contributed by atoms with Gasteiger partial charge in [0, 0.05) is 13.0 Å². The van der Waals surface area contributed by atoms with Gasteiger partial charge in [0.1, 0.15) is 12.9 Å². The Kier molecular flexibility index (Phi) is 3.41. The molecule has 0 aliphatic carbocycles. The molecule has 2 heteroatoms. The zero-order valence-corrected chi connectivity index (χ0v) is 14.6. The van der Waals surface area contributed by atoms with Gasteiger partial charge in [0.15, 0.2) is 5.69 Å². The summed E-state index contributed by atoms with van der Waals surface area (Å²) in [4.78, 5) is 0. The molecule has 1 heterocycles. The van der Waals surface area contributed by atoms with E-state index in [4.69, 9.17) is 1.37 Å². The second kappa shape index (κ2) is 5.45. The fraction of sp³-hybridized carbons (Fsp3) is 0.286. The number of benzene rings is 2. The summed E-state index contributed by atoms with van der Waals surface area (Å²) in [6.45, 7) is 9.74. The Labute approximate surface area is 138 Å². The molecule has 3 aromatic rings. The van der Waals surface area contributed by atoms with Gasteiger partial charge in [-0.3, -0.25) is 0 Å². The van der Waals surface area contributed by atoms with Gasteiger partial charge in [0.25, 0.3) is 0 Å². The molecule has 2 aromatic carbocycles. The third-order valence-corrected chi connectivity index (χ3v) is 4.79. The van der Waals surface area contributed by atoms with Crippen molar-refractivity contribution in [2.75, 3.05) is 0 Å². The summed E-state index contributed by atoms with van der Waals surface area (Å²) < 4.78 is 25.5. The minimum atomic E-state index is -0.173. The maximum absolute atomic E-state index is 15.1. The van der Waals surface area contributed by atoms with Crippen molar-refractivity contribution in [3.63, 3.8) is 0 Å². The highest BCUT2D eigenvalue weighted by Crippen LogP contribution is 2.34. The first kappa shape index (κ1) is 14.4. The van der Waals surface area contributed by atoms with Crippen molar-refractivity contribution in [1.82, 2.24) is 0 Å². The summed E-state index contributed by atoms with van der Waals surface area (Å²) in [6, 6.07) is 8.43. The molecule has 0 N–H and O–H groups in total. The topological polar surface area (TPSA) is 3.88 Å². The number of fused-ring (bicyclic) bond motifs is 1. The molecule has 0 spiro atoms. The summed E-state index contributed by atoms with van der Waals surface area (Å²) >= 11 is 0. The van der Waals surface area contributed by atoms with E-state index in [1.807, 2.05) is 64.4 Å². The van der Waals surface area contributed by atoms with Crippen LogP contribution in [0.2, 0.25) is 0 Å². The molecule has 0 unspecified atom stereocenters. The highest BCUT2D eigenvalue weighted by Gasteiger charge is 2.24. The lowest BCUT2D eigenvalue weighted by Crippen LogP contribution is -2.35. The van der Waals surface area contributed by atoms with Gasteiger partial charge in [0.2, 0.25) is 5.69 Å². The maximum Gasteiger partial charge on any atom is 0.223 e. The van der Waals surface area contributed by atoms with Crippen LogP contribution in [0.25, 0.3) is 22.0 Å². The molecular formula is C21H23FN+. The zero-order valence-electron chi connectivity index (χ0n) is 15.6. The van der Waals surface area contributed by atoms with Crippen LogP contribution in [0.15, 0.2) is 30.3 Å². The monoisotopic (exact) mass is 309 g/mol. The zero-order chi connectivity index (χ0) is 17.8. The summed E-state index contributed by atoms with van der Waals surface area (Å²) in [6.07, 6.45) is 0. The molecule has 0 bridgehead atoms. The van der Waals surface area contributed by atoms with E-state index in [0.29, 0.717) is 17.2 Å². The van der Waals surface area contributed by atoms with Crippen molar-refractivity contribution >= 4 is 10.8 Å². The number of pyridine rings is 1. The number of aryl methyl sites for hydroxylation is 3. The minimum Gasteiger partial charge on any atom is -0.206 e. The first-order valence-electron chi connectivity index (χ1n) is 8.40. The van der Waals surface area contributed by atoms with Crippen LogP contribution in [0, 0.1) is 40.4 Å². The molecule has 3 rings (SSSR count). The number of nitrogens with zero attached hydrogens (tertiary/aromatic N) is 1. The molecule has 0 saturated heterocycles. The van der Waals surface area contributed by atoms with Crippen molar-refractivity contribution in [1.29, 1.82) is 0 Å². The van der Waals surface area contributed by atoms with Crippen LogP contribution in [0.5, 0.6) is 0 Å². The first-order valence-corrected chi connectivity index (χ1v) is 7.90. The van der Waals surface area contributed by atoms with Crippen LogP contribution in [0.1, 0.15) is 29.3 Å².